The summed E-state index contributed by atoms with van der Waals surface area (Å²) in [4.78, 5) is 36.2. The number of hydrogen-bond acceptors (Lipinski definition) is 3. The second-order valence-corrected chi connectivity index (χ2v) is 6.49. The maximum absolute atomic E-state index is 12.9. The highest BCUT2D eigenvalue weighted by molar-refractivity contribution is 5.99. The molecule has 3 aliphatic carbocycles. The first kappa shape index (κ1) is 15.5. The molecule has 3 fully saturated rings. The minimum absolute atomic E-state index is 0.153. The molecule has 3 saturated carbocycles. The van der Waals surface area contributed by atoms with Crippen molar-refractivity contribution in [2.75, 3.05) is 5.32 Å². The molecule has 23 heavy (non-hydrogen) atoms. The quantitative estimate of drug-likeness (QED) is 0.790. The maximum Gasteiger partial charge on any atom is 0.308 e. The van der Waals surface area contributed by atoms with Crippen LogP contribution in [0.5, 0.6) is 0 Å². The molecule has 0 unspecified atom stereocenters. The summed E-state index contributed by atoms with van der Waals surface area (Å²) < 4.78 is 0. The Balaban J connectivity index is 1.94. The third-order valence-electron chi connectivity index (χ3n) is 5.42. The van der Waals surface area contributed by atoms with Crippen LogP contribution in [0, 0.1) is 23.2 Å². The molecule has 0 saturated heterocycles. The fourth-order valence-electron chi connectivity index (χ4n) is 4.32. The Morgan fingerprint density at radius 3 is 2.13 bits per heavy atom. The number of amides is 1. The Morgan fingerprint density at radius 2 is 1.61 bits per heavy atom. The van der Waals surface area contributed by atoms with E-state index in [2.05, 4.69) is 5.32 Å². The highest BCUT2D eigenvalue weighted by Gasteiger charge is 2.62. The first-order valence-corrected chi connectivity index (χ1v) is 7.78. The molecular formula is C17H19NO5. The van der Waals surface area contributed by atoms with Crippen LogP contribution in [0.25, 0.3) is 0 Å². The molecule has 1 amide bonds. The van der Waals surface area contributed by atoms with E-state index in [1.54, 1.807) is 24.3 Å². The van der Waals surface area contributed by atoms with Gasteiger partial charge in [-0.1, -0.05) is 18.2 Å². The van der Waals surface area contributed by atoms with E-state index in [4.69, 9.17) is 0 Å². The van der Waals surface area contributed by atoms with E-state index in [1.165, 1.54) is 0 Å². The third-order valence-corrected chi connectivity index (χ3v) is 5.42. The zero-order valence-electron chi connectivity index (χ0n) is 12.6. The molecule has 0 heterocycles. The van der Waals surface area contributed by atoms with Gasteiger partial charge in [-0.05, 0) is 43.7 Å². The Labute approximate surface area is 133 Å². The lowest BCUT2D eigenvalue weighted by molar-refractivity contribution is -0.178. The van der Waals surface area contributed by atoms with Gasteiger partial charge in [0.05, 0.1) is 17.3 Å². The number of anilines is 1. The largest absolute Gasteiger partial charge is 0.481 e. The standard InChI is InChI=1S/C17H19NO5/c19-14(20)12-10-6-8-17(9-7-10,13(12)15(21)22)16(23)18-11-4-2-1-3-5-11/h1-5,10,12-13H,6-9H2,(H,18,23)(H,19,20)(H,21,22)/t10?,12-,13-,17?/m0/s1. The molecule has 0 aliphatic heterocycles. The average Bonchev–Trinajstić information content (AvgIpc) is 2.55. The van der Waals surface area contributed by atoms with Crippen LogP contribution in [0.15, 0.2) is 30.3 Å². The van der Waals surface area contributed by atoms with E-state index in [1.807, 2.05) is 6.07 Å². The van der Waals surface area contributed by atoms with Crippen molar-refractivity contribution >= 4 is 23.5 Å². The monoisotopic (exact) mass is 317 g/mol. The average molecular weight is 317 g/mol. The molecular weight excluding hydrogens is 298 g/mol. The molecule has 2 bridgehead atoms. The number of carbonyl (C=O) groups is 3. The number of carboxylic acid groups (broad SMARTS) is 2. The molecule has 122 valence electrons. The van der Waals surface area contributed by atoms with Crippen molar-refractivity contribution in [3.63, 3.8) is 0 Å². The molecule has 0 spiro atoms. The molecule has 1 aromatic carbocycles. The number of nitrogens with one attached hydrogen (secondary N) is 1. The molecule has 6 heteroatoms. The lowest BCUT2D eigenvalue weighted by atomic mass is 9.50. The van der Waals surface area contributed by atoms with Gasteiger partial charge in [-0.15, -0.1) is 0 Å². The summed E-state index contributed by atoms with van der Waals surface area (Å²) in [5.41, 5.74) is -0.546. The number of rotatable bonds is 4. The number of aliphatic carboxylic acids is 2. The minimum Gasteiger partial charge on any atom is -0.481 e. The Kier molecular flexibility index (Phi) is 3.83. The van der Waals surface area contributed by atoms with Crippen LogP contribution in [0.2, 0.25) is 0 Å². The van der Waals surface area contributed by atoms with Crippen molar-refractivity contribution in [1.82, 2.24) is 0 Å². The summed E-state index contributed by atoms with van der Waals surface area (Å²) >= 11 is 0. The van der Waals surface area contributed by atoms with Crippen molar-refractivity contribution in [2.24, 2.45) is 23.2 Å². The second-order valence-electron chi connectivity index (χ2n) is 6.49. The van der Waals surface area contributed by atoms with Crippen LogP contribution in [0.4, 0.5) is 5.69 Å². The number of benzene rings is 1. The Bertz CT molecular complexity index is 634. The second kappa shape index (κ2) is 5.68. The van der Waals surface area contributed by atoms with Crippen molar-refractivity contribution in [3.05, 3.63) is 30.3 Å². The van der Waals surface area contributed by atoms with E-state index >= 15 is 0 Å². The normalized spacial score (nSPS) is 32.3. The highest BCUT2D eigenvalue weighted by atomic mass is 16.4. The van der Waals surface area contributed by atoms with Crippen molar-refractivity contribution in [2.45, 2.75) is 25.7 Å². The number of para-hydroxylation sites is 1. The summed E-state index contributed by atoms with van der Waals surface area (Å²) in [6, 6.07) is 8.83. The van der Waals surface area contributed by atoms with Gasteiger partial charge in [0.15, 0.2) is 0 Å². The smallest absolute Gasteiger partial charge is 0.308 e. The fourth-order valence-corrected chi connectivity index (χ4v) is 4.32. The predicted molar refractivity (Wildman–Crippen MR) is 81.7 cm³/mol. The molecule has 1 aromatic rings. The van der Waals surface area contributed by atoms with Gasteiger partial charge in [-0.3, -0.25) is 14.4 Å². The third kappa shape index (κ3) is 2.48. The zero-order valence-corrected chi connectivity index (χ0v) is 12.6. The molecule has 0 aromatic heterocycles. The summed E-state index contributed by atoms with van der Waals surface area (Å²) in [5, 5.41) is 21.9. The van der Waals surface area contributed by atoms with Crippen LogP contribution < -0.4 is 5.32 Å². The van der Waals surface area contributed by atoms with E-state index in [-0.39, 0.29) is 11.8 Å². The van der Waals surface area contributed by atoms with Crippen molar-refractivity contribution < 1.29 is 24.6 Å². The first-order valence-electron chi connectivity index (χ1n) is 7.78. The molecule has 4 rings (SSSR count). The molecule has 3 aliphatic rings. The van der Waals surface area contributed by atoms with Crippen LogP contribution in [0.3, 0.4) is 0 Å². The molecule has 6 nitrogen and oxygen atoms in total. The fraction of sp³-hybridized carbons (Fsp3) is 0.471. The van der Waals surface area contributed by atoms with Crippen LogP contribution in [0.1, 0.15) is 25.7 Å². The van der Waals surface area contributed by atoms with Crippen LogP contribution in [-0.4, -0.2) is 28.1 Å². The van der Waals surface area contributed by atoms with Crippen molar-refractivity contribution in [3.8, 4) is 0 Å². The predicted octanol–water partition coefficient (Wildman–Crippen LogP) is 2.22. The Morgan fingerprint density at radius 1 is 1.00 bits per heavy atom. The number of hydrogen-bond donors (Lipinski definition) is 3. The lowest BCUT2D eigenvalue weighted by Crippen LogP contribution is -2.58. The molecule has 0 radical (unpaired) electrons. The van der Waals surface area contributed by atoms with Gasteiger partial charge in [0.25, 0.3) is 0 Å². The zero-order chi connectivity index (χ0) is 16.6. The van der Waals surface area contributed by atoms with E-state index in [0.717, 1.165) is 0 Å². The summed E-state index contributed by atoms with van der Waals surface area (Å²) in [6.07, 6.45) is 2.03. The number of carbonyl (C=O) groups excluding carboxylic acids is 1. The van der Waals surface area contributed by atoms with Gasteiger partial charge < -0.3 is 15.5 Å². The number of carboxylic acids is 2. The number of fused-ring (bicyclic) bond motifs is 3. The van der Waals surface area contributed by atoms with E-state index < -0.39 is 29.2 Å². The van der Waals surface area contributed by atoms with Crippen molar-refractivity contribution in [1.29, 1.82) is 0 Å². The topological polar surface area (TPSA) is 104 Å². The van der Waals surface area contributed by atoms with Gasteiger partial charge in [0.1, 0.15) is 0 Å². The van der Waals surface area contributed by atoms with Gasteiger partial charge >= 0.3 is 11.9 Å². The maximum atomic E-state index is 12.9. The van der Waals surface area contributed by atoms with E-state index in [9.17, 15) is 24.6 Å². The van der Waals surface area contributed by atoms with Gasteiger partial charge in [0.2, 0.25) is 5.91 Å². The summed E-state index contributed by atoms with van der Waals surface area (Å²) in [6.45, 7) is 0. The van der Waals surface area contributed by atoms with Gasteiger partial charge in [-0.25, -0.2) is 0 Å². The summed E-state index contributed by atoms with van der Waals surface area (Å²) in [7, 11) is 0. The van der Waals surface area contributed by atoms with E-state index in [0.29, 0.717) is 31.4 Å². The summed E-state index contributed by atoms with van der Waals surface area (Å²) in [5.74, 6) is -4.99. The highest BCUT2D eigenvalue weighted by Crippen LogP contribution is 2.57. The SMILES string of the molecule is O=C(O)[C@@H]1[C@@H](C(=O)O)C2CCC1(C(=O)Nc1ccccc1)CC2. The first-order chi connectivity index (χ1) is 11.0. The minimum atomic E-state index is -1.19. The molecule has 3 N–H and O–H groups in total. The lowest BCUT2D eigenvalue weighted by Gasteiger charge is -2.52. The van der Waals surface area contributed by atoms with Crippen LogP contribution in [-0.2, 0) is 14.4 Å². The van der Waals surface area contributed by atoms with Gasteiger partial charge in [0, 0.05) is 5.69 Å². The van der Waals surface area contributed by atoms with Crippen LogP contribution >= 0.6 is 0 Å². The molecule has 2 atom stereocenters. The van der Waals surface area contributed by atoms with Gasteiger partial charge in [-0.2, -0.15) is 0 Å². The Hall–Kier alpha value is -2.37.